The molecule has 0 saturated carbocycles. The summed E-state index contributed by atoms with van der Waals surface area (Å²) in [6, 6.07) is 11.3. The monoisotopic (exact) mass is 339 g/mol. The van der Waals surface area contributed by atoms with Gasteiger partial charge in [0, 0.05) is 17.7 Å². The number of allylic oxidation sites excluding steroid dienone is 2. The average Bonchev–Trinajstić information content (AvgIpc) is 3.12. The van der Waals surface area contributed by atoms with Crippen molar-refractivity contribution in [3.8, 4) is 11.1 Å². The molecule has 25 heavy (non-hydrogen) atoms. The summed E-state index contributed by atoms with van der Waals surface area (Å²) in [6.07, 6.45) is 4.36. The van der Waals surface area contributed by atoms with Crippen LogP contribution in [0.25, 0.3) is 22.1 Å². The molecule has 0 unspecified atom stereocenters. The molecule has 130 valence electrons. The van der Waals surface area contributed by atoms with Gasteiger partial charge in [-0.15, -0.1) is 0 Å². The van der Waals surface area contributed by atoms with Crippen LogP contribution in [0.4, 0.5) is 4.39 Å². The zero-order valence-corrected chi connectivity index (χ0v) is 14.5. The second-order valence-electron chi connectivity index (χ2n) is 5.98. The summed E-state index contributed by atoms with van der Waals surface area (Å²) < 4.78 is 26.0. The van der Waals surface area contributed by atoms with Crippen LogP contribution in [0, 0.1) is 5.82 Å². The maximum absolute atomic E-state index is 14.8. The van der Waals surface area contributed by atoms with Crippen molar-refractivity contribution < 1.29 is 13.5 Å². The number of ether oxygens (including phenoxy) is 1. The number of benzene rings is 2. The van der Waals surface area contributed by atoms with Crippen molar-refractivity contribution in [3.63, 3.8) is 0 Å². The highest BCUT2D eigenvalue weighted by Gasteiger charge is 2.16. The number of hydrogen-bond acceptors (Lipinski definition) is 3. The second kappa shape index (κ2) is 7.53. The maximum Gasteiger partial charge on any atom is 0.144 e. The molecule has 1 aromatic heterocycles. The zero-order chi connectivity index (χ0) is 17.8. The first-order valence-electron chi connectivity index (χ1n) is 8.41. The molecule has 3 rings (SSSR count). The Kier molecular flexibility index (Phi) is 5.19. The molecule has 0 radical (unpaired) electrons. The number of nitrogens with two attached hydrogens (primary N) is 1. The minimum Gasteiger partial charge on any atom is -0.494 e. The van der Waals surface area contributed by atoms with Crippen LogP contribution in [0.2, 0.25) is 0 Å². The van der Waals surface area contributed by atoms with Crippen LogP contribution in [0.5, 0.6) is 0 Å². The van der Waals surface area contributed by atoms with E-state index in [0.717, 1.165) is 28.9 Å². The Morgan fingerprint density at radius 3 is 2.88 bits per heavy atom. The number of rotatable bonds is 6. The highest BCUT2D eigenvalue weighted by molar-refractivity contribution is 5.93. The van der Waals surface area contributed by atoms with E-state index < -0.39 is 0 Å². The number of halogens is 1. The van der Waals surface area contributed by atoms with Gasteiger partial charge in [0.1, 0.15) is 18.0 Å². The van der Waals surface area contributed by atoms with Gasteiger partial charge in [-0.3, -0.25) is 0 Å². The van der Waals surface area contributed by atoms with Gasteiger partial charge >= 0.3 is 0 Å². The molecule has 0 fully saturated rings. The summed E-state index contributed by atoms with van der Waals surface area (Å²) in [5, 5.41) is 0.464. The predicted octanol–water partition coefficient (Wildman–Crippen LogP) is 5.53. The van der Waals surface area contributed by atoms with E-state index in [1.807, 2.05) is 44.2 Å². The van der Waals surface area contributed by atoms with E-state index in [-0.39, 0.29) is 12.4 Å². The fourth-order valence-corrected chi connectivity index (χ4v) is 2.89. The fraction of sp³-hybridized carbons (Fsp3) is 0.238. The lowest BCUT2D eigenvalue weighted by Crippen LogP contribution is -1.98. The molecule has 0 bridgehead atoms. The van der Waals surface area contributed by atoms with Gasteiger partial charge in [0.25, 0.3) is 0 Å². The van der Waals surface area contributed by atoms with Gasteiger partial charge in [-0.1, -0.05) is 25.1 Å². The molecule has 2 aromatic carbocycles. The molecule has 0 atom stereocenters. The number of furan rings is 1. The molecule has 0 spiro atoms. The van der Waals surface area contributed by atoms with Crippen molar-refractivity contribution in [2.75, 3.05) is 0 Å². The van der Waals surface area contributed by atoms with E-state index in [1.54, 1.807) is 12.1 Å². The van der Waals surface area contributed by atoms with Gasteiger partial charge in [0.15, 0.2) is 0 Å². The van der Waals surface area contributed by atoms with Gasteiger partial charge in [-0.05, 0) is 48.7 Å². The van der Waals surface area contributed by atoms with Gasteiger partial charge in [0.2, 0.25) is 0 Å². The van der Waals surface area contributed by atoms with Gasteiger partial charge in [-0.25, -0.2) is 4.39 Å². The average molecular weight is 339 g/mol. The van der Waals surface area contributed by atoms with Crippen LogP contribution in [-0.2, 0) is 17.9 Å². The Labute approximate surface area is 146 Å². The SMILES string of the molecule is CC/C=C(\C)OCc1cc(-c2cccc(CN)c2)c2occc2c1F. The van der Waals surface area contributed by atoms with Crippen molar-refractivity contribution in [3.05, 3.63) is 71.4 Å². The standard InChI is InChI=1S/C21H22FNO2/c1-3-5-14(2)25-13-17-11-19(16-7-4-6-15(10-16)12-23)21-18(20(17)22)8-9-24-21/h4-11H,3,12-13,23H2,1-2H3/b14-5+. The highest BCUT2D eigenvalue weighted by atomic mass is 19.1. The summed E-state index contributed by atoms with van der Waals surface area (Å²) in [7, 11) is 0. The van der Waals surface area contributed by atoms with Gasteiger partial charge in [0.05, 0.1) is 17.4 Å². The minimum atomic E-state index is -0.299. The summed E-state index contributed by atoms with van der Waals surface area (Å²) >= 11 is 0. The van der Waals surface area contributed by atoms with E-state index in [4.69, 9.17) is 14.9 Å². The summed E-state index contributed by atoms with van der Waals surface area (Å²) in [5.74, 6) is 0.493. The van der Waals surface area contributed by atoms with Crippen LogP contribution in [0.15, 0.2) is 58.9 Å². The van der Waals surface area contributed by atoms with E-state index in [1.165, 1.54) is 6.26 Å². The highest BCUT2D eigenvalue weighted by Crippen LogP contribution is 2.34. The van der Waals surface area contributed by atoms with Crippen molar-refractivity contribution in [2.24, 2.45) is 5.73 Å². The van der Waals surface area contributed by atoms with Gasteiger partial charge < -0.3 is 14.9 Å². The first-order chi connectivity index (χ1) is 12.1. The smallest absolute Gasteiger partial charge is 0.144 e. The third kappa shape index (κ3) is 3.59. The minimum absolute atomic E-state index is 0.179. The summed E-state index contributed by atoms with van der Waals surface area (Å²) in [5.41, 5.74) is 9.59. The molecule has 3 nitrogen and oxygen atoms in total. The molecule has 0 amide bonds. The van der Waals surface area contributed by atoms with E-state index in [2.05, 4.69) is 0 Å². The molecule has 0 saturated heterocycles. The molecular weight excluding hydrogens is 317 g/mol. The number of fused-ring (bicyclic) bond motifs is 1. The predicted molar refractivity (Wildman–Crippen MR) is 98.3 cm³/mol. The summed E-state index contributed by atoms with van der Waals surface area (Å²) in [6.45, 7) is 4.54. The molecule has 4 heteroatoms. The first kappa shape index (κ1) is 17.2. The molecule has 1 heterocycles. The third-order valence-electron chi connectivity index (χ3n) is 4.17. The lowest BCUT2D eigenvalue weighted by Gasteiger charge is -2.11. The normalized spacial score (nSPS) is 11.9. The van der Waals surface area contributed by atoms with Crippen LogP contribution in [-0.4, -0.2) is 0 Å². The van der Waals surface area contributed by atoms with Gasteiger partial charge in [-0.2, -0.15) is 0 Å². The van der Waals surface area contributed by atoms with Crippen LogP contribution in [0.3, 0.4) is 0 Å². The Bertz CT molecular complexity index is 911. The molecule has 2 N–H and O–H groups in total. The molecule has 3 aromatic rings. The van der Waals surface area contributed by atoms with Crippen molar-refractivity contribution >= 4 is 11.0 Å². The first-order valence-corrected chi connectivity index (χ1v) is 8.41. The topological polar surface area (TPSA) is 48.4 Å². The van der Waals surface area contributed by atoms with Crippen molar-refractivity contribution in [1.29, 1.82) is 0 Å². The van der Waals surface area contributed by atoms with E-state index in [0.29, 0.717) is 23.1 Å². The molecule has 0 aliphatic carbocycles. The Morgan fingerprint density at radius 2 is 2.12 bits per heavy atom. The van der Waals surface area contributed by atoms with Crippen LogP contribution >= 0.6 is 0 Å². The Hall–Kier alpha value is -2.59. The van der Waals surface area contributed by atoms with Crippen LogP contribution < -0.4 is 5.73 Å². The quantitative estimate of drug-likeness (QED) is 0.601. The lowest BCUT2D eigenvalue weighted by atomic mass is 9.98. The number of hydrogen-bond donors (Lipinski definition) is 1. The largest absolute Gasteiger partial charge is 0.494 e. The van der Waals surface area contributed by atoms with Crippen molar-refractivity contribution in [1.82, 2.24) is 0 Å². The summed E-state index contributed by atoms with van der Waals surface area (Å²) in [4.78, 5) is 0. The lowest BCUT2D eigenvalue weighted by molar-refractivity contribution is 0.196. The molecule has 0 aliphatic rings. The zero-order valence-electron chi connectivity index (χ0n) is 14.5. The van der Waals surface area contributed by atoms with E-state index in [9.17, 15) is 4.39 Å². The third-order valence-corrected chi connectivity index (χ3v) is 4.17. The second-order valence-corrected chi connectivity index (χ2v) is 5.98. The molecular formula is C21H22FNO2. The van der Waals surface area contributed by atoms with E-state index >= 15 is 0 Å². The fourth-order valence-electron chi connectivity index (χ4n) is 2.89. The maximum atomic E-state index is 14.8. The van der Waals surface area contributed by atoms with Crippen molar-refractivity contribution in [2.45, 2.75) is 33.4 Å². The Balaban J connectivity index is 2.07. The van der Waals surface area contributed by atoms with Crippen LogP contribution in [0.1, 0.15) is 31.4 Å². The Morgan fingerprint density at radius 1 is 1.28 bits per heavy atom. The molecule has 0 aliphatic heterocycles.